The van der Waals surface area contributed by atoms with Crippen LogP contribution in [-0.4, -0.2) is 65.3 Å². The number of methoxy groups -OCH3 is 1. The van der Waals surface area contributed by atoms with Crippen molar-refractivity contribution < 1.29 is 17.9 Å². The number of sulfonamides is 1. The monoisotopic (exact) mass is 355 g/mol. The molecule has 1 saturated heterocycles. The second-order valence-corrected chi connectivity index (χ2v) is 7.99. The van der Waals surface area contributed by atoms with Crippen LogP contribution in [0.5, 0.6) is 5.75 Å². The zero-order chi connectivity index (χ0) is 17.7. The van der Waals surface area contributed by atoms with Crippen molar-refractivity contribution in [3.05, 3.63) is 24.3 Å². The first-order chi connectivity index (χ1) is 11.3. The van der Waals surface area contributed by atoms with Crippen molar-refractivity contribution >= 4 is 21.6 Å². The highest BCUT2D eigenvalue weighted by Gasteiger charge is 2.25. The van der Waals surface area contributed by atoms with Crippen LogP contribution in [-0.2, 0) is 14.8 Å². The van der Waals surface area contributed by atoms with Gasteiger partial charge in [0.05, 0.1) is 19.1 Å². The maximum absolute atomic E-state index is 12.4. The van der Waals surface area contributed by atoms with Crippen LogP contribution in [0, 0.1) is 0 Å². The molecule has 0 unspecified atom stereocenters. The highest BCUT2D eigenvalue weighted by atomic mass is 32.2. The largest absolute Gasteiger partial charge is 0.495 e. The lowest BCUT2D eigenvalue weighted by Gasteiger charge is -2.30. The molecule has 1 fully saturated rings. The maximum atomic E-state index is 12.4. The van der Waals surface area contributed by atoms with E-state index in [-0.39, 0.29) is 18.5 Å². The van der Waals surface area contributed by atoms with Gasteiger partial charge in [0.2, 0.25) is 15.9 Å². The number of para-hydroxylation sites is 2. The molecule has 0 bridgehead atoms. The Balaban J connectivity index is 2.11. The van der Waals surface area contributed by atoms with Gasteiger partial charge in [-0.1, -0.05) is 12.1 Å². The summed E-state index contributed by atoms with van der Waals surface area (Å²) in [5.74, 6) is 0.107. The molecule has 134 valence electrons. The Labute approximate surface area is 143 Å². The standard InChI is InChI=1S/C16H25N3O4S/c1-18-10-8-13(9-11-18)17-16(20)12-19(24(3,21)22)14-6-4-5-7-15(14)23-2/h4-7,13H,8-12H2,1-3H3,(H,17,20). The molecule has 24 heavy (non-hydrogen) atoms. The van der Waals surface area contributed by atoms with Crippen LogP contribution in [0.15, 0.2) is 24.3 Å². The summed E-state index contributed by atoms with van der Waals surface area (Å²) in [5, 5.41) is 2.94. The molecule has 0 aromatic heterocycles. The summed E-state index contributed by atoms with van der Waals surface area (Å²) in [4.78, 5) is 14.6. The summed E-state index contributed by atoms with van der Waals surface area (Å²) in [6.07, 6.45) is 2.83. The minimum absolute atomic E-state index is 0.0905. The zero-order valence-corrected chi connectivity index (χ0v) is 15.2. The Morgan fingerprint density at radius 1 is 1.33 bits per heavy atom. The predicted molar refractivity (Wildman–Crippen MR) is 93.8 cm³/mol. The molecule has 1 heterocycles. The SMILES string of the molecule is COc1ccccc1N(CC(=O)NC1CCN(C)CC1)S(C)(=O)=O. The van der Waals surface area contributed by atoms with E-state index in [4.69, 9.17) is 4.74 Å². The number of benzene rings is 1. The Bertz CT molecular complexity index is 670. The minimum atomic E-state index is -3.61. The van der Waals surface area contributed by atoms with Crippen molar-refractivity contribution in [1.29, 1.82) is 0 Å². The first-order valence-electron chi connectivity index (χ1n) is 7.90. The van der Waals surface area contributed by atoms with Crippen LogP contribution in [0.1, 0.15) is 12.8 Å². The van der Waals surface area contributed by atoms with Crippen LogP contribution in [0.25, 0.3) is 0 Å². The molecule has 7 nitrogen and oxygen atoms in total. The van der Waals surface area contributed by atoms with E-state index in [1.54, 1.807) is 24.3 Å². The van der Waals surface area contributed by atoms with Gasteiger partial charge in [0.25, 0.3) is 0 Å². The average Bonchev–Trinajstić information content (AvgIpc) is 2.54. The maximum Gasteiger partial charge on any atom is 0.241 e. The number of ether oxygens (including phenoxy) is 1. The molecule has 1 aliphatic heterocycles. The summed E-state index contributed by atoms with van der Waals surface area (Å²) in [6, 6.07) is 6.85. The van der Waals surface area contributed by atoms with Gasteiger partial charge >= 0.3 is 0 Å². The van der Waals surface area contributed by atoms with Gasteiger partial charge in [-0.05, 0) is 45.1 Å². The molecular weight excluding hydrogens is 330 g/mol. The fourth-order valence-electron chi connectivity index (χ4n) is 2.77. The van der Waals surface area contributed by atoms with Gasteiger partial charge in [0.15, 0.2) is 0 Å². The molecule has 0 spiro atoms. The highest BCUT2D eigenvalue weighted by Crippen LogP contribution is 2.29. The highest BCUT2D eigenvalue weighted by molar-refractivity contribution is 7.92. The number of nitrogens with zero attached hydrogens (tertiary/aromatic N) is 2. The number of rotatable bonds is 6. The Hall–Kier alpha value is -1.80. The van der Waals surface area contributed by atoms with E-state index in [1.807, 2.05) is 7.05 Å². The van der Waals surface area contributed by atoms with Crippen LogP contribution in [0.2, 0.25) is 0 Å². The first kappa shape index (κ1) is 18.5. The number of hydrogen-bond acceptors (Lipinski definition) is 5. The van der Waals surface area contributed by atoms with Crippen molar-refractivity contribution in [2.75, 3.05) is 44.4 Å². The second kappa shape index (κ2) is 7.85. The van der Waals surface area contributed by atoms with Crippen molar-refractivity contribution in [3.63, 3.8) is 0 Å². The molecule has 0 saturated carbocycles. The molecule has 0 radical (unpaired) electrons. The fourth-order valence-corrected chi connectivity index (χ4v) is 3.63. The van der Waals surface area contributed by atoms with Gasteiger partial charge in [0.1, 0.15) is 12.3 Å². The van der Waals surface area contributed by atoms with Crippen molar-refractivity contribution in [2.24, 2.45) is 0 Å². The smallest absolute Gasteiger partial charge is 0.241 e. The molecular formula is C16H25N3O4S. The third kappa shape index (κ3) is 4.85. The molecule has 8 heteroatoms. The number of piperidine rings is 1. The van der Waals surface area contributed by atoms with Crippen molar-refractivity contribution in [1.82, 2.24) is 10.2 Å². The normalized spacial score (nSPS) is 16.6. The molecule has 2 rings (SSSR count). The molecule has 1 amide bonds. The molecule has 1 aromatic rings. The van der Waals surface area contributed by atoms with Gasteiger partial charge in [-0.2, -0.15) is 0 Å². The van der Waals surface area contributed by atoms with Crippen LogP contribution in [0.3, 0.4) is 0 Å². The van der Waals surface area contributed by atoms with E-state index >= 15 is 0 Å². The topological polar surface area (TPSA) is 79.0 Å². The van der Waals surface area contributed by atoms with Crippen molar-refractivity contribution in [3.8, 4) is 5.75 Å². The Morgan fingerprint density at radius 3 is 2.54 bits per heavy atom. The summed E-state index contributed by atoms with van der Waals surface area (Å²) in [5.41, 5.74) is 0.362. The Kier molecular flexibility index (Phi) is 6.06. The molecule has 0 atom stereocenters. The molecule has 1 aliphatic rings. The number of carbonyl (C=O) groups is 1. The van der Waals surface area contributed by atoms with Gasteiger partial charge in [0, 0.05) is 6.04 Å². The zero-order valence-electron chi connectivity index (χ0n) is 14.4. The summed E-state index contributed by atoms with van der Waals surface area (Å²) in [6.45, 7) is 1.59. The van der Waals surface area contributed by atoms with Crippen LogP contribution >= 0.6 is 0 Å². The molecule has 0 aliphatic carbocycles. The number of nitrogens with one attached hydrogen (secondary N) is 1. The predicted octanol–water partition coefficient (Wildman–Crippen LogP) is 0.672. The number of anilines is 1. The molecule has 1 aromatic carbocycles. The third-order valence-corrected chi connectivity index (χ3v) is 5.25. The average molecular weight is 355 g/mol. The van der Waals surface area contributed by atoms with Gasteiger partial charge in [-0.15, -0.1) is 0 Å². The van der Waals surface area contributed by atoms with E-state index in [9.17, 15) is 13.2 Å². The van der Waals surface area contributed by atoms with E-state index in [0.29, 0.717) is 11.4 Å². The number of likely N-dealkylation sites (tertiary alicyclic amines) is 1. The lowest BCUT2D eigenvalue weighted by molar-refractivity contribution is -0.120. The van der Waals surface area contributed by atoms with E-state index < -0.39 is 10.0 Å². The minimum Gasteiger partial charge on any atom is -0.495 e. The van der Waals surface area contributed by atoms with Gasteiger partial charge in [-0.3, -0.25) is 9.10 Å². The Morgan fingerprint density at radius 2 is 1.96 bits per heavy atom. The van der Waals surface area contributed by atoms with Crippen LogP contribution < -0.4 is 14.4 Å². The molecule has 1 N–H and O–H groups in total. The second-order valence-electron chi connectivity index (χ2n) is 6.09. The lowest BCUT2D eigenvalue weighted by atomic mass is 10.1. The quantitative estimate of drug-likeness (QED) is 0.811. The summed E-state index contributed by atoms with van der Waals surface area (Å²) in [7, 11) is -0.0941. The van der Waals surface area contributed by atoms with E-state index in [0.717, 1.165) is 36.5 Å². The number of hydrogen-bond donors (Lipinski definition) is 1. The summed E-state index contributed by atoms with van der Waals surface area (Å²) < 4.78 is 30.6. The lowest BCUT2D eigenvalue weighted by Crippen LogP contribution is -2.47. The first-order valence-corrected chi connectivity index (χ1v) is 9.74. The van der Waals surface area contributed by atoms with E-state index in [2.05, 4.69) is 10.2 Å². The fraction of sp³-hybridized carbons (Fsp3) is 0.562. The van der Waals surface area contributed by atoms with E-state index in [1.165, 1.54) is 7.11 Å². The number of carbonyl (C=O) groups excluding carboxylic acids is 1. The van der Waals surface area contributed by atoms with Crippen molar-refractivity contribution in [2.45, 2.75) is 18.9 Å². The van der Waals surface area contributed by atoms with Crippen LogP contribution in [0.4, 0.5) is 5.69 Å². The summed E-state index contributed by atoms with van der Waals surface area (Å²) >= 11 is 0. The van der Waals surface area contributed by atoms with Gasteiger partial charge < -0.3 is 15.0 Å². The van der Waals surface area contributed by atoms with Gasteiger partial charge in [-0.25, -0.2) is 8.42 Å². The third-order valence-electron chi connectivity index (χ3n) is 4.13. The number of amides is 1.